The van der Waals surface area contributed by atoms with E-state index in [9.17, 15) is 4.79 Å². The van der Waals surface area contributed by atoms with Crippen LogP contribution in [0, 0.1) is 12.3 Å². The van der Waals surface area contributed by atoms with Crippen molar-refractivity contribution in [3.05, 3.63) is 11.8 Å². The van der Waals surface area contributed by atoms with Crippen molar-refractivity contribution in [1.82, 2.24) is 5.32 Å². The predicted molar refractivity (Wildman–Crippen MR) is 48.4 cm³/mol. The van der Waals surface area contributed by atoms with E-state index in [0.717, 1.165) is 18.5 Å². The van der Waals surface area contributed by atoms with E-state index in [2.05, 4.69) is 11.2 Å². The summed E-state index contributed by atoms with van der Waals surface area (Å²) in [5.41, 5.74) is 0.991. The molecule has 1 aliphatic carbocycles. The normalized spacial score (nSPS) is 18.3. The molecule has 0 fully saturated rings. The van der Waals surface area contributed by atoms with Gasteiger partial charge in [0, 0.05) is 18.2 Å². The first-order valence-corrected chi connectivity index (χ1v) is 4.22. The van der Waals surface area contributed by atoms with Crippen LogP contribution in [-0.4, -0.2) is 11.8 Å². The summed E-state index contributed by atoms with van der Waals surface area (Å²) in [5.74, 6) is 2.83. The van der Waals surface area contributed by atoms with E-state index in [-0.39, 0.29) is 11.8 Å². The Bertz CT molecular complexity index is 247. The fourth-order valence-electron chi connectivity index (χ4n) is 1.20. The molecule has 1 N–H and O–H groups in total. The van der Waals surface area contributed by atoms with Crippen molar-refractivity contribution in [3.63, 3.8) is 0 Å². The second-order valence-electron chi connectivity index (χ2n) is 2.91. The zero-order valence-corrected chi connectivity index (χ0v) is 7.26. The SMILES string of the molecule is C#CC(CC)NC1=CC(=O)CC1. The molecule has 2 nitrogen and oxygen atoms in total. The molecular formula is C10H13NO. The van der Waals surface area contributed by atoms with Crippen LogP contribution < -0.4 is 5.32 Å². The van der Waals surface area contributed by atoms with Gasteiger partial charge in [-0.2, -0.15) is 0 Å². The average molecular weight is 163 g/mol. The fourth-order valence-corrected chi connectivity index (χ4v) is 1.20. The largest absolute Gasteiger partial charge is 0.375 e. The number of ketones is 1. The van der Waals surface area contributed by atoms with E-state index in [4.69, 9.17) is 6.42 Å². The van der Waals surface area contributed by atoms with E-state index in [1.54, 1.807) is 6.08 Å². The van der Waals surface area contributed by atoms with Crippen LogP contribution in [0.25, 0.3) is 0 Å². The summed E-state index contributed by atoms with van der Waals surface area (Å²) in [4.78, 5) is 10.8. The fraction of sp³-hybridized carbons (Fsp3) is 0.500. The lowest BCUT2D eigenvalue weighted by Crippen LogP contribution is -2.25. The zero-order valence-electron chi connectivity index (χ0n) is 7.26. The Morgan fingerprint density at radius 1 is 1.75 bits per heavy atom. The van der Waals surface area contributed by atoms with Crippen molar-refractivity contribution >= 4 is 5.78 Å². The first kappa shape index (κ1) is 8.86. The van der Waals surface area contributed by atoms with Gasteiger partial charge in [0.25, 0.3) is 0 Å². The highest BCUT2D eigenvalue weighted by Gasteiger charge is 2.13. The van der Waals surface area contributed by atoms with Gasteiger partial charge in [-0.05, 0) is 12.8 Å². The Morgan fingerprint density at radius 2 is 2.50 bits per heavy atom. The molecule has 0 aliphatic heterocycles. The third-order valence-corrected chi connectivity index (χ3v) is 1.95. The molecule has 0 saturated heterocycles. The summed E-state index contributed by atoms with van der Waals surface area (Å²) >= 11 is 0. The molecule has 0 spiro atoms. The van der Waals surface area contributed by atoms with Crippen LogP contribution in [0.15, 0.2) is 11.8 Å². The number of terminal acetylenes is 1. The second kappa shape index (κ2) is 3.96. The zero-order chi connectivity index (χ0) is 8.97. The van der Waals surface area contributed by atoms with Crippen LogP contribution in [0.4, 0.5) is 0 Å². The molecule has 12 heavy (non-hydrogen) atoms. The van der Waals surface area contributed by atoms with Crippen LogP contribution in [-0.2, 0) is 4.79 Å². The summed E-state index contributed by atoms with van der Waals surface area (Å²) in [6.07, 6.45) is 9.26. The number of nitrogens with one attached hydrogen (secondary N) is 1. The minimum absolute atomic E-state index is 0.0714. The smallest absolute Gasteiger partial charge is 0.157 e. The van der Waals surface area contributed by atoms with Gasteiger partial charge in [0.05, 0.1) is 6.04 Å². The summed E-state index contributed by atoms with van der Waals surface area (Å²) < 4.78 is 0. The molecule has 0 radical (unpaired) electrons. The Labute approximate surface area is 73.0 Å². The van der Waals surface area contributed by atoms with Crippen LogP contribution in [0.5, 0.6) is 0 Å². The molecule has 1 rings (SSSR count). The standard InChI is InChI=1S/C10H13NO/c1-3-8(4-2)11-9-5-6-10(12)7-9/h1,7-8,11H,4-6H2,2H3. The van der Waals surface area contributed by atoms with Crippen LogP contribution in [0.1, 0.15) is 26.2 Å². The minimum Gasteiger partial charge on any atom is -0.375 e. The van der Waals surface area contributed by atoms with Crippen molar-refractivity contribution in [1.29, 1.82) is 0 Å². The molecule has 64 valence electrons. The molecule has 1 atom stereocenters. The summed E-state index contributed by atoms with van der Waals surface area (Å²) in [6.45, 7) is 2.02. The maximum absolute atomic E-state index is 10.8. The second-order valence-corrected chi connectivity index (χ2v) is 2.91. The van der Waals surface area contributed by atoms with Gasteiger partial charge in [-0.1, -0.05) is 12.8 Å². The number of hydrogen-bond acceptors (Lipinski definition) is 2. The molecule has 1 aliphatic rings. The third-order valence-electron chi connectivity index (χ3n) is 1.95. The van der Waals surface area contributed by atoms with E-state index in [1.165, 1.54) is 0 Å². The van der Waals surface area contributed by atoms with Crippen LogP contribution in [0.2, 0.25) is 0 Å². The first-order chi connectivity index (χ1) is 5.76. The molecule has 2 heteroatoms. The molecule has 0 aromatic rings. The maximum Gasteiger partial charge on any atom is 0.157 e. The summed E-state index contributed by atoms with van der Waals surface area (Å²) in [5, 5.41) is 3.15. The Kier molecular flexibility index (Phi) is 2.93. The average Bonchev–Trinajstić information content (AvgIpc) is 2.47. The van der Waals surface area contributed by atoms with Crippen LogP contribution >= 0.6 is 0 Å². The quantitative estimate of drug-likeness (QED) is 0.634. The Hall–Kier alpha value is -1.23. The van der Waals surface area contributed by atoms with Gasteiger partial charge >= 0.3 is 0 Å². The lowest BCUT2D eigenvalue weighted by molar-refractivity contribution is -0.114. The van der Waals surface area contributed by atoms with Crippen molar-refractivity contribution in [2.45, 2.75) is 32.2 Å². The topological polar surface area (TPSA) is 29.1 Å². The number of rotatable bonds is 3. The molecule has 0 aromatic heterocycles. The molecule has 0 bridgehead atoms. The van der Waals surface area contributed by atoms with Gasteiger partial charge in [0.1, 0.15) is 0 Å². The lowest BCUT2D eigenvalue weighted by atomic mass is 10.2. The number of carbonyl (C=O) groups excluding carboxylic acids is 1. The van der Waals surface area contributed by atoms with Gasteiger partial charge in [0.2, 0.25) is 0 Å². The third kappa shape index (κ3) is 2.13. The van der Waals surface area contributed by atoms with Crippen LogP contribution in [0.3, 0.4) is 0 Å². The highest BCUT2D eigenvalue weighted by Crippen LogP contribution is 2.12. The van der Waals surface area contributed by atoms with Crippen molar-refractivity contribution in [2.24, 2.45) is 0 Å². The van der Waals surface area contributed by atoms with Gasteiger partial charge < -0.3 is 5.32 Å². The molecule has 0 heterocycles. The highest BCUT2D eigenvalue weighted by atomic mass is 16.1. The maximum atomic E-state index is 10.8. The number of allylic oxidation sites excluding steroid dienone is 2. The Balaban J connectivity index is 2.47. The molecular weight excluding hydrogens is 150 g/mol. The Morgan fingerprint density at radius 3 is 2.92 bits per heavy atom. The lowest BCUT2D eigenvalue weighted by Gasteiger charge is -2.11. The molecule has 0 saturated carbocycles. The van der Waals surface area contributed by atoms with E-state index >= 15 is 0 Å². The predicted octanol–water partition coefficient (Wildman–Crippen LogP) is 1.23. The van der Waals surface area contributed by atoms with Gasteiger partial charge in [-0.3, -0.25) is 4.79 Å². The van der Waals surface area contributed by atoms with Gasteiger partial charge in [-0.15, -0.1) is 6.42 Å². The van der Waals surface area contributed by atoms with Gasteiger partial charge in [-0.25, -0.2) is 0 Å². The van der Waals surface area contributed by atoms with E-state index in [1.807, 2.05) is 6.92 Å². The monoisotopic (exact) mass is 163 g/mol. The molecule has 1 unspecified atom stereocenters. The first-order valence-electron chi connectivity index (χ1n) is 4.22. The minimum atomic E-state index is 0.0714. The highest BCUT2D eigenvalue weighted by molar-refractivity contribution is 5.92. The van der Waals surface area contributed by atoms with E-state index in [0.29, 0.717) is 6.42 Å². The molecule has 0 amide bonds. The summed E-state index contributed by atoms with van der Waals surface area (Å²) in [6, 6.07) is 0.0714. The van der Waals surface area contributed by atoms with E-state index < -0.39 is 0 Å². The van der Waals surface area contributed by atoms with Crippen molar-refractivity contribution < 1.29 is 4.79 Å². The van der Waals surface area contributed by atoms with Gasteiger partial charge in [0.15, 0.2) is 5.78 Å². The molecule has 0 aromatic carbocycles. The van der Waals surface area contributed by atoms with Crippen molar-refractivity contribution in [3.8, 4) is 12.3 Å². The summed E-state index contributed by atoms with van der Waals surface area (Å²) in [7, 11) is 0. The number of carbonyl (C=O) groups is 1. The number of hydrogen-bond donors (Lipinski definition) is 1. The van der Waals surface area contributed by atoms with Crippen molar-refractivity contribution in [2.75, 3.05) is 0 Å².